The zero-order chi connectivity index (χ0) is 17.2. The van der Waals surface area contributed by atoms with Crippen LogP contribution in [0, 0.1) is 11.8 Å². The van der Waals surface area contributed by atoms with Gasteiger partial charge in [0.1, 0.15) is 5.75 Å². The first-order valence-corrected chi connectivity index (χ1v) is 8.68. The highest BCUT2D eigenvalue weighted by Gasteiger charge is 2.37. The van der Waals surface area contributed by atoms with Crippen LogP contribution in [0.25, 0.3) is 11.4 Å². The molecule has 3 heterocycles. The monoisotopic (exact) mass is 378 g/mol. The van der Waals surface area contributed by atoms with Crippen LogP contribution in [-0.4, -0.2) is 54.2 Å². The molecule has 4 rings (SSSR count). The Hall–Kier alpha value is -2.12. The van der Waals surface area contributed by atoms with Crippen LogP contribution in [0.4, 0.5) is 0 Å². The van der Waals surface area contributed by atoms with Gasteiger partial charge in [0.25, 0.3) is 0 Å². The van der Waals surface area contributed by atoms with Gasteiger partial charge in [-0.05, 0) is 36.1 Å². The zero-order valence-corrected chi connectivity index (χ0v) is 15.5. The lowest BCUT2D eigenvalue weighted by molar-refractivity contribution is -0.130. The Morgan fingerprint density at radius 3 is 2.62 bits per heavy atom. The Kier molecular flexibility index (Phi) is 5.78. The molecule has 1 amide bonds. The predicted octanol–water partition coefficient (Wildman–Crippen LogP) is 1.78. The van der Waals surface area contributed by atoms with E-state index in [1.54, 1.807) is 7.11 Å². The molecule has 140 valence electrons. The molecule has 8 heteroatoms. The zero-order valence-electron chi connectivity index (χ0n) is 14.7. The molecule has 0 radical (unpaired) electrons. The predicted molar refractivity (Wildman–Crippen MR) is 98.3 cm³/mol. The molecular weight excluding hydrogens is 356 g/mol. The first-order chi connectivity index (χ1) is 12.2. The van der Waals surface area contributed by atoms with Crippen LogP contribution < -0.4 is 10.1 Å². The smallest absolute Gasteiger partial charge is 0.227 e. The second-order valence-corrected chi connectivity index (χ2v) is 6.72. The second-order valence-electron chi connectivity index (χ2n) is 6.72. The molecule has 1 N–H and O–H groups in total. The summed E-state index contributed by atoms with van der Waals surface area (Å²) in [5, 5.41) is 7.39. The van der Waals surface area contributed by atoms with Crippen molar-refractivity contribution in [2.75, 3.05) is 33.3 Å². The number of aryl methyl sites for hydroxylation is 1. The quantitative estimate of drug-likeness (QED) is 0.854. The maximum absolute atomic E-state index is 12.4. The standard InChI is InChI=1S/C18H22N4O3.ClH/c1-24-15-4-2-12(3-5-15)18-20-16(25-21-18)6-7-17(23)22-10-13-8-19-9-14(13)11-22;/h2-5,13-14,19H,6-11H2,1H3;1H/t13-,14+;. The molecule has 2 aliphatic rings. The summed E-state index contributed by atoms with van der Waals surface area (Å²) in [4.78, 5) is 18.8. The number of rotatable bonds is 5. The first-order valence-electron chi connectivity index (χ1n) is 8.68. The Morgan fingerprint density at radius 1 is 1.27 bits per heavy atom. The van der Waals surface area contributed by atoms with Crippen LogP contribution in [0.3, 0.4) is 0 Å². The molecule has 0 aliphatic carbocycles. The lowest BCUT2D eigenvalue weighted by Gasteiger charge is -2.16. The third-order valence-electron chi connectivity index (χ3n) is 5.11. The van der Waals surface area contributed by atoms with Crippen molar-refractivity contribution in [1.29, 1.82) is 0 Å². The van der Waals surface area contributed by atoms with Crippen molar-refractivity contribution in [3.63, 3.8) is 0 Å². The largest absolute Gasteiger partial charge is 0.497 e. The Labute approximate surface area is 158 Å². The lowest BCUT2D eigenvalue weighted by Crippen LogP contribution is -2.32. The molecule has 7 nitrogen and oxygen atoms in total. The number of nitrogens with zero attached hydrogens (tertiary/aromatic N) is 3. The van der Waals surface area contributed by atoms with Crippen molar-refractivity contribution >= 4 is 18.3 Å². The lowest BCUT2D eigenvalue weighted by atomic mass is 10.0. The van der Waals surface area contributed by atoms with E-state index >= 15 is 0 Å². The summed E-state index contributed by atoms with van der Waals surface area (Å²) in [5.41, 5.74) is 0.863. The van der Waals surface area contributed by atoms with Gasteiger partial charge in [-0.3, -0.25) is 4.79 Å². The fourth-order valence-corrected chi connectivity index (χ4v) is 3.64. The fourth-order valence-electron chi connectivity index (χ4n) is 3.64. The molecule has 1 aromatic carbocycles. The Bertz CT molecular complexity index is 737. The highest BCUT2D eigenvalue weighted by Crippen LogP contribution is 2.27. The van der Waals surface area contributed by atoms with E-state index in [1.165, 1.54) is 0 Å². The molecule has 2 atom stereocenters. The number of nitrogens with one attached hydrogen (secondary N) is 1. The van der Waals surface area contributed by atoms with Gasteiger partial charge in [0.05, 0.1) is 7.11 Å². The minimum absolute atomic E-state index is 0. The van der Waals surface area contributed by atoms with E-state index < -0.39 is 0 Å². The summed E-state index contributed by atoms with van der Waals surface area (Å²) < 4.78 is 10.4. The molecule has 2 aliphatic heterocycles. The Balaban J connectivity index is 0.00000196. The maximum atomic E-state index is 12.4. The van der Waals surface area contributed by atoms with Crippen LogP contribution in [0.15, 0.2) is 28.8 Å². The average molecular weight is 379 g/mol. The van der Waals surface area contributed by atoms with Crippen LogP contribution in [-0.2, 0) is 11.2 Å². The van der Waals surface area contributed by atoms with Gasteiger partial charge in [-0.25, -0.2) is 0 Å². The third kappa shape index (κ3) is 3.83. The second kappa shape index (κ2) is 8.05. The Morgan fingerprint density at radius 2 is 1.96 bits per heavy atom. The van der Waals surface area contributed by atoms with Crippen molar-refractivity contribution in [2.45, 2.75) is 12.8 Å². The highest BCUT2D eigenvalue weighted by molar-refractivity contribution is 5.85. The number of methoxy groups -OCH3 is 1. The van der Waals surface area contributed by atoms with Crippen molar-refractivity contribution < 1.29 is 14.1 Å². The van der Waals surface area contributed by atoms with Gasteiger partial charge in [-0.2, -0.15) is 4.98 Å². The van der Waals surface area contributed by atoms with Crippen molar-refractivity contribution in [1.82, 2.24) is 20.4 Å². The third-order valence-corrected chi connectivity index (χ3v) is 5.11. The van der Waals surface area contributed by atoms with E-state index in [-0.39, 0.29) is 18.3 Å². The summed E-state index contributed by atoms with van der Waals surface area (Å²) in [6.07, 6.45) is 0.892. The van der Waals surface area contributed by atoms with Gasteiger partial charge in [-0.15, -0.1) is 12.4 Å². The summed E-state index contributed by atoms with van der Waals surface area (Å²) in [6.45, 7) is 3.81. The van der Waals surface area contributed by atoms with Gasteiger partial charge < -0.3 is 19.5 Å². The molecule has 0 saturated carbocycles. The minimum atomic E-state index is 0. The van der Waals surface area contributed by atoms with Gasteiger partial charge in [0.15, 0.2) is 0 Å². The van der Waals surface area contributed by atoms with E-state index in [0.717, 1.165) is 37.5 Å². The van der Waals surface area contributed by atoms with Crippen LogP contribution in [0.1, 0.15) is 12.3 Å². The molecule has 26 heavy (non-hydrogen) atoms. The number of aromatic nitrogens is 2. The number of halogens is 1. The summed E-state index contributed by atoms with van der Waals surface area (Å²) in [7, 11) is 1.63. The van der Waals surface area contributed by atoms with Crippen LogP contribution in [0.2, 0.25) is 0 Å². The molecule has 0 bridgehead atoms. The summed E-state index contributed by atoms with van der Waals surface area (Å²) >= 11 is 0. The molecular formula is C18H23ClN4O3. The number of hydrogen-bond donors (Lipinski definition) is 1. The maximum Gasteiger partial charge on any atom is 0.227 e. The van der Waals surface area contributed by atoms with Gasteiger partial charge in [0.2, 0.25) is 17.6 Å². The minimum Gasteiger partial charge on any atom is -0.497 e. The van der Waals surface area contributed by atoms with Crippen molar-refractivity contribution in [3.05, 3.63) is 30.2 Å². The van der Waals surface area contributed by atoms with Crippen molar-refractivity contribution in [3.8, 4) is 17.1 Å². The summed E-state index contributed by atoms with van der Waals surface area (Å²) in [6, 6.07) is 7.48. The number of ether oxygens (including phenoxy) is 1. The number of fused-ring (bicyclic) bond motifs is 1. The summed E-state index contributed by atoms with van der Waals surface area (Å²) in [5.74, 6) is 3.23. The van der Waals surface area contributed by atoms with Crippen LogP contribution in [0.5, 0.6) is 5.75 Å². The number of carbonyl (C=O) groups is 1. The van der Waals surface area contributed by atoms with Gasteiger partial charge in [-0.1, -0.05) is 5.16 Å². The first kappa shape index (κ1) is 18.7. The fraction of sp³-hybridized carbons (Fsp3) is 0.500. The highest BCUT2D eigenvalue weighted by atomic mass is 35.5. The molecule has 0 spiro atoms. The topological polar surface area (TPSA) is 80.5 Å². The van der Waals surface area contributed by atoms with E-state index in [1.807, 2.05) is 29.2 Å². The van der Waals surface area contributed by atoms with Crippen LogP contribution >= 0.6 is 12.4 Å². The van der Waals surface area contributed by atoms with Gasteiger partial charge in [0, 0.05) is 44.6 Å². The van der Waals surface area contributed by atoms with Crippen molar-refractivity contribution in [2.24, 2.45) is 11.8 Å². The number of carbonyl (C=O) groups excluding carboxylic acids is 1. The number of amides is 1. The molecule has 0 unspecified atom stereocenters. The molecule has 2 fully saturated rings. The van der Waals surface area contributed by atoms with E-state index in [4.69, 9.17) is 9.26 Å². The molecule has 2 saturated heterocycles. The molecule has 2 aromatic rings. The van der Waals surface area contributed by atoms with Gasteiger partial charge >= 0.3 is 0 Å². The number of hydrogen-bond acceptors (Lipinski definition) is 6. The normalized spacial score (nSPS) is 21.3. The SMILES string of the molecule is COc1ccc(-c2noc(CCC(=O)N3C[C@H]4CNC[C@H]4C3)n2)cc1.Cl. The average Bonchev–Trinajstić information content (AvgIpc) is 3.35. The van der Waals surface area contributed by atoms with E-state index in [9.17, 15) is 4.79 Å². The van der Waals surface area contributed by atoms with E-state index in [0.29, 0.717) is 36.4 Å². The number of benzene rings is 1. The molecule has 1 aromatic heterocycles. The van der Waals surface area contributed by atoms with E-state index in [2.05, 4.69) is 15.5 Å². The number of likely N-dealkylation sites (tertiary alicyclic amines) is 1.